The van der Waals surface area contributed by atoms with E-state index in [1.807, 2.05) is 30.3 Å². The summed E-state index contributed by atoms with van der Waals surface area (Å²) in [7, 11) is 0. The van der Waals surface area contributed by atoms with Gasteiger partial charge >= 0.3 is 0 Å². The normalized spacial score (nSPS) is 12.5. The minimum atomic E-state index is -0.107. The van der Waals surface area contributed by atoms with Crippen LogP contribution < -0.4 is 5.73 Å². The van der Waals surface area contributed by atoms with Crippen LogP contribution in [0.4, 0.5) is 0 Å². The summed E-state index contributed by atoms with van der Waals surface area (Å²) < 4.78 is 2.01. The summed E-state index contributed by atoms with van der Waals surface area (Å²) in [4.78, 5) is 0. The van der Waals surface area contributed by atoms with Gasteiger partial charge in [0.05, 0.1) is 10.0 Å². The predicted molar refractivity (Wildman–Crippen MR) is 88.9 cm³/mol. The molecule has 2 aromatic rings. The van der Waals surface area contributed by atoms with Crippen molar-refractivity contribution in [2.24, 2.45) is 5.73 Å². The molecule has 19 heavy (non-hydrogen) atoms. The Morgan fingerprint density at radius 1 is 1.00 bits per heavy atom. The number of hydrogen-bond donors (Lipinski definition) is 1. The van der Waals surface area contributed by atoms with Crippen molar-refractivity contribution in [3.8, 4) is 0 Å². The molecule has 100 valence electrons. The van der Waals surface area contributed by atoms with E-state index in [1.54, 1.807) is 6.07 Å². The molecule has 1 atom stereocenters. The standard InChI is InChI=1S/C14H11Br2Cl2N/c15-9-2-3-11(16)10(7-9)14(19)6-8-1-4-12(17)13(18)5-8/h1-5,7,14H,6,19H2. The second-order valence-electron chi connectivity index (χ2n) is 4.22. The Morgan fingerprint density at radius 3 is 2.42 bits per heavy atom. The minimum absolute atomic E-state index is 0.107. The lowest BCUT2D eigenvalue weighted by molar-refractivity contribution is 0.718. The topological polar surface area (TPSA) is 26.0 Å². The molecule has 0 aliphatic heterocycles. The number of rotatable bonds is 3. The smallest absolute Gasteiger partial charge is 0.0595 e. The fourth-order valence-corrected chi connectivity index (χ4v) is 3.07. The van der Waals surface area contributed by atoms with Gasteiger partial charge in [-0.2, -0.15) is 0 Å². The quantitative estimate of drug-likeness (QED) is 0.667. The SMILES string of the molecule is NC(Cc1ccc(Cl)c(Cl)c1)c1cc(Br)ccc1Br. The maximum atomic E-state index is 6.26. The highest BCUT2D eigenvalue weighted by Gasteiger charge is 2.12. The fourth-order valence-electron chi connectivity index (χ4n) is 1.83. The van der Waals surface area contributed by atoms with Crippen molar-refractivity contribution < 1.29 is 0 Å². The van der Waals surface area contributed by atoms with Crippen LogP contribution in [0.25, 0.3) is 0 Å². The Hall–Kier alpha value is -0.0600. The van der Waals surface area contributed by atoms with E-state index in [0.29, 0.717) is 16.5 Å². The zero-order valence-corrected chi connectivity index (χ0v) is 14.5. The van der Waals surface area contributed by atoms with Gasteiger partial charge in [0, 0.05) is 15.0 Å². The maximum Gasteiger partial charge on any atom is 0.0595 e. The number of benzene rings is 2. The van der Waals surface area contributed by atoms with Crippen molar-refractivity contribution in [3.63, 3.8) is 0 Å². The van der Waals surface area contributed by atoms with E-state index in [2.05, 4.69) is 31.9 Å². The zero-order valence-electron chi connectivity index (χ0n) is 9.84. The van der Waals surface area contributed by atoms with Crippen molar-refractivity contribution in [2.75, 3.05) is 0 Å². The van der Waals surface area contributed by atoms with Crippen molar-refractivity contribution in [2.45, 2.75) is 12.5 Å². The third-order valence-corrected chi connectivity index (χ3v) is 4.75. The highest BCUT2D eigenvalue weighted by Crippen LogP contribution is 2.29. The van der Waals surface area contributed by atoms with Gasteiger partial charge in [0.15, 0.2) is 0 Å². The molecular formula is C14H11Br2Cl2N. The molecule has 0 aromatic heterocycles. The van der Waals surface area contributed by atoms with Crippen LogP contribution in [0, 0.1) is 0 Å². The number of halogens is 4. The third-order valence-electron chi connectivity index (χ3n) is 2.80. The molecule has 2 N–H and O–H groups in total. The Balaban J connectivity index is 2.22. The van der Waals surface area contributed by atoms with Gasteiger partial charge in [0.25, 0.3) is 0 Å². The highest BCUT2D eigenvalue weighted by molar-refractivity contribution is 9.11. The molecule has 0 fully saturated rings. The van der Waals surface area contributed by atoms with Crippen molar-refractivity contribution in [3.05, 3.63) is 66.5 Å². The van der Waals surface area contributed by atoms with E-state index in [1.165, 1.54) is 0 Å². The van der Waals surface area contributed by atoms with E-state index >= 15 is 0 Å². The average Bonchev–Trinajstić information content (AvgIpc) is 2.36. The monoisotopic (exact) mass is 421 g/mol. The number of hydrogen-bond acceptors (Lipinski definition) is 1. The number of nitrogens with two attached hydrogens (primary N) is 1. The molecule has 0 aliphatic rings. The highest BCUT2D eigenvalue weighted by atomic mass is 79.9. The van der Waals surface area contributed by atoms with Gasteiger partial charge in [0.1, 0.15) is 0 Å². The Labute approximate surface area is 139 Å². The Bertz CT molecular complexity index is 602. The second kappa shape index (κ2) is 6.59. The summed E-state index contributed by atoms with van der Waals surface area (Å²) in [6.07, 6.45) is 0.700. The van der Waals surface area contributed by atoms with Gasteiger partial charge in [-0.25, -0.2) is 0 Å². The first-order valence-corrected chi connectivity index (χ1v) is 7.96. The van der Waals surface area contributed by atoms with Crippen LogP contribution in [0.1, 0.15) is 17.2 Å². The molecule has 2 aromatic carbocycles. The molecule has 0 radical (unpaired) electrons. The summed E-state index contributed by atoms with van der Waals surface area (Å²) >= 11 is 18.9. The van der Waals surface area contributed by atoms with Crippen molar-refractivity contribution >= 4 is 55.1 Å². The first kappa shape index (κ1) is 15.3. The molecule has 0 spiro atoms. The van der Waals surface area contributed by atoms with Gasteiger partial charge in [-0.3, -0.25) is 0 Å². The molecule has 0 saturated heterocycles. The van der Waals surface area contributed by atoms with Crippen LogP contribution in [0.15, 0.2) is 45.3 Å². The summed E-state index contributed by atoms with van der Waals surface area (Å²) in [6, 6.07) is 11.5. The summed E-state index contributed by atoms with van der Waals surface area (Å²) in [6.45, 7) is 0. The Morgan fingerprint density at radius 2 is 1.74 bits per heavy atom. The molecule has 1 unspecified atom stereocenters. The van der Waals surface area contributed by atoms with E-state index in [9.17, 15) is 0 Å². The summed E-state index contributed by atoms with van der Waals surface area (Å²) in [5.74, 6) is 0. The van der Waals surface area contributed by atoms with Gasteiger partial charge in [-0.15, -0.1) is 0 Å². The first-order valence-electron chi connectivity index (χ1n) is 5.62. The van der Waals surface area contributed by atoms with Crippen LogP contribution in [0.3, 0.4) is 0 Å². The summed E-state index contributed by atoms with van der Waals surface area (Å²) in [5, 5.41) is 1.11. The van der Waals surface area contributed by atoms with E-state index in [0.717, 1.165) is 20.1 Å². The van der Waals surface area contributed by atoms with Crippen LogP contribution in [-0.4, -0.2) is 0 Å². The first-order chi connectivity index (χ1) is 8.97. The largest absolute Gasteiger partial charge is 0.324 e. The molecule has 0 heterocycles. The van der Waals surface area contributed by atoms with Crippen LogP contribution >= 0.6 is 55.1 Å². The molecule has 0 amide bonds. The molecule has 0 bridgehead atoms. The predicted octanol–water partition coefficient (Wildman–Crippen LogP) is 5.76. The van der Waals surface area contributed by atoms with E-state index in [4.69, 9.17) is 28.9 Å². The van der Waals surface area contributed by atoms with Gasteiger partial charge in [-0.05, 0) is 47.9 Å². The second-order valence-corrected chi connectivity index (χ2v) is 6.81. The molecule has 2 rings (SSSR count). The van der Waals surface area contributed by atoms with Crippen LogP contribution in [0.2, 0.25) is 10.0 Å². The minimum Gasteiger partial charge on any atom is -0.324 e. The lowest BCUT2D eigenvalue weighted by atomic mass is 10.00. The molecule has 0 saturated carbocycles. The van der Waals surface area contributed by atoms with Gasteiger partial charge in [0.2, 0.25) is 0 Å². The molecule has 1 nitrogen and oxygen atoms in total. The van der Waals surface area contributed by atoms with Crippen molar-refractivity contribution in [1.29, 1.82) is 0 Å². The molecule has 5 heteroatoms. The fraction of sp³-hybridized carbons (Fsp3) is 0.143. The van der Waals surface area contributed by atoms with E-state index in [-0.39, 0.29) is 6.04 Å². The van der Waals surface area contributed by atoms with Gasteiger partial charge < -0.3 is 5.73 Å². The lowest BCUT2D eigenvalue weighted by Crippen LogP contribution is -2.14. The zero-order chi connectivity index (χ0) is 14.0. The maximum absolute atomic E-state index is 6.26. The third kappa shape index (κ3) is 3.96. The van der Waals surface area contributed by atoms with E-state index < -0.39 is 0 Å². The van der Waals surface area contributed by atoms with Crippen LogP contribution in [-0.2, 0) is 6.42 Å². The molecule has 0 aliphatic carbocycles. The average molecular weight is 424 g/mol. The lowest BCUT2D eigenvalue weighted by Gasteiger charge is -2.15. The molecular weight excluding hydrogens is 413 g/mol. The van der Waals surface area contributed by atoms with Gasteiger partial charge in [-0.1, -0.05) is 61.1 Å². The van der Waals surface area contributed by atoms with Crippen molar-refractivity contribution in [1.82, 2.24) is 0 Å². The summed E-state index contributed by atoms with van der Waals surface area (Å²) in [5.41, 5.74) is 8.38. The Kier molecular flexibility index (Phi) is 5.32. The van der Waals surface area contributed by atoms with Crippen LogP contribution in [0.5, 0.6) is 0 Å².